The summed E-state index contributed by atoms with van der Waals surface area (Å²) in [5, 5.41) is 0. The van der Waals surface area contributed by atoms with E-state index in [0.29, 0.717) is 12.7 Å². The Kier molecular flexibility index (Phi) is 3.02. The fourth-order valence-corrected chi connectivity index (χ4v) is 2.16. The number of hydrogen-bond donors (Lipinski definition) is 0. The van der Waals surface area contributed by atoms with E-state index in [1.54, 1.807) is 0 Å². The molecule has 1 aromatic heterocycles. The van der Waals surface area contributed by atoms with Gasteiger partial charge in [-0.25, -0.2) is 4.98 Å². The van der Waals surface area contributed by atoms with Gasteiger partial charge in [-0.3, -0.25) is 0 Å². The third-order valence-electron chi connectivity index (χ3n) is 3.26. The van der Waals surface area contributed by atoms with Crippen molar-refractivity contribution in [2.24, 2.45) is 7.05 Å². The summed E-state index contributed by atoms with van der Waals surface area (Å²) in [5.41, 5.74) is 1.23. The Balaban J connectivity index is 1.47. The van der Waals surface area contributed by atoms with E-state index in [4.69, 9.17) is 4.74 Å². The number of aryl methyl sites for hydroxylation is 1. The van der Waals surface area contributed by atoms with E-state index in [2.05, 4.69) is 22.0 Å². The summed E-state index contributed by atoms with van der Waals surface area (Å²) < 4.78 is 7.89. The van der Waals surface area contributed by atoms with Gasteiger partial charge in [0.15, 0.2) is 0 Å². The molecule has 0 atom stereocenters. The highest BCUT2D eigenvalue weighted by Crippen LogP contribution is 2.20. The molecule has 0 aliphatic carbocycles. The van der Waals surface area contributed by atoms with E-state index >= 15 is 0 Å². The summed E-state index contributed by atoms with van der Waals surface area (Å²) in [4.78, 5) is 6.56. The molecular weight excluding hydrogens is 226 g/mol. The molecule has 2 heterocycles. The largest absolute Gasteiger partial charge is 0.370 e. The second-order valence-corrected chi connectivity index (χ2v) is 4.66. The van der Waals surface area contributed by atoms with Gasteiger partial charge in [0.05, 0.1) is 12.7 Å². The summed E-state index contributed by atoms with van der Waals surface area (Å²) in [6.45, 7) is 2.55. The van der Waals surface area contributed by atoms with Crippen LogP contribution < -0.4 is 4.90 Å². The monoisotopic (exact) mass is 243 g/mol. The summed E-state index contributed by atoms with van der Waals surface area (Å²) in [6.07, 6.45) is 4.11. The summed E-state index contributed by atoms with van der Waals surface area (Å²) >= 11 is 0. The molecule has 1 saturated heterocycles. The average Bonchev–Trinajstić information content (AvgIpc) is 2.75. The minimum Gasteiger partial charge on any atom is -0.370 e. The molecule has 0 bridgehead atoms. The van der Waals surface area contributed by atoms with Crippen LogP contribution in [0.5, 0.6) is 0 Å². The zero-order valence-corrected chi connectivity index (χ0v) is 10.5. The fourth-order valence-electron chi connectivity index (χ4n) is 2.16. The van der Waals surface area contributed by atoms with Crippen molar-refractivity contribution in [3.63, 3.8) is 0 Å². The molecule has 94 valence electrons. The predicted octanol–water partition coefficient (Wildman–Crippen LogP) is 1.83. The Morgan fingerprint density at radius 3 is 2.72 bits per heavy atom. The van der Waals surface area contributed by atoms with Crippen molar-refractivity contribution in [2.45, 2.75) is 12.7 Å². The molecule has 0 spiro atoms. The Hall–Kier alpha value is -1.81. The van der Waals surface area contributed by atoms with Crippen LogP contribution >= 0.6 is 0 Å². The van der Waals surface area contributed by atoms with E-state index in [1.165, 1.54) is 5.56 Å². The Morgan fingerprint density at radius 1 is 1.28 bits per heavy atom. The third kappa shape index (κ3) is 2.24. The SMILES string of the molecule is Cn1ccnc1N1CC(OCc2ccccc2)C1. The Bertz CT molecular complexity index is 503. The van der Waals surface area contributed by atoms with Gasteiger partial charge in [-0.15, -0.1) is 0 Å². The van der Waals surface area contributed by atoms with E-state index in [0.717, 1.165) is 19.0 Å². The van der Waals surface area contributed by atoms with Crippen LogP contribution in [0.3, 0.4) is 0 Å². The normalized spacial score (nSPS) is 15.7. The van der Waals surface area contributed by atoms with E-state index in [-0.39, 0.29) is 0 Å². The molecule has 1 aliphatic heterocycles. The van der Waals surface area contributed by atoms with Crippen molar-refractivity contribution in [3.05, 3.63) is 48.3 Å². The van der Waals surface area contributed by atoms with Gasteiger partial charge in [-0.05, 0) is 5.56 Å². The molecular formula is C14H17N3O. The number of aromatic nitrogens is 2. The number of rotatable bonds is 4. The second kappa shape index (κ2) is 4.82. The maximum absolute atomic E-state index is 5.85. The first-order valence-electron chi connectivity index (χ1n) is 6.21. The van der Waals surface area contributed by atoms with Gasteiger partial charge in [-0.2, -0.15) is 0 Å². The zero-order valence-electron chi connectivity index (χ0n) is 10.5. The third-order valence-corrected chi connectivity index (χ3v) is 3.26. The number of benzene rings is 1. The van der Waals surface area contributed by atoms with Crippen molar-refractivity contribution in [2.75, 3.05) is 18.0 Å². The molecule has 18 heavy (non-hydrogen) atoms. The molecule has 1 fully saturated rings. The van der Waals surface area contributed by atoms with E-state index in [1.807, 2.05) is 42.2 Å². The van der Waals surface area contributed by atoms with Crippen molar-refractivity contribution >= 4 is 5.95 Å². The van der Waals surface area contributed by atoms with Gasteiger partial charge in [-0.1, -0.05) is 30.3 Å². The highest BCUT2D eigenvalue weighted by molar-refractivity contribution is 5.35. The smallest absolute Gasteiger partial charge is 0.205 e. The maximum Gasteiger partial charge on any atom is 0.205 e. The minimum absolute atomic E-state index is 0.321. The van der Waals surface area contributed by atoms with Crippen LogP contribution in [-0.4, -0.2) is 28.7 Å². The molecule has 2 aromatic rings. The lowest BCUT2D eigenvalue weighted by Crippen LogP contribution is -2.53. The van der Waals surface area contributed by atoms with Crippen LogP contribution in [0, 0.1) is 0 Å². The second-order valence-electron chi connectivity index (χ2n) is 4.66. The van der Waals surface area contributed by atoms with Gasteiger partial charge in [0.2, 0.25) is 5.95 Å². The van der Waals surface area contributed by atoms with Crippen molar-refractivity contribution < 1.29 is 4.74 Å². The van der Waals surface area contributed by atoms with Crippen LogP contribution in [0.2, 0.25) is 0 Å². The number of anilines is 1. The number of nitrogens with zero attached hydrogens (tertiary/aromatic N) is 3. The highest BCUT2D eigenvalue weighted by Gasteiger charge is 2.29. The molecule has 0 amide bonds. The van der Waals surface area contributed by atoms with Gasteiger partial charge in [0.1, 0.15) is 0 Å². The van der Waals surface area contributed by atoms with E-state index in [9.17, 15) is 0 Å². The highest BCUT2D eigenvalue weighted by atomic mass is 16.5. The molecule has 0 saturated carbocycles. The standard InChI is InChI=1S/C14H17N3O/c1-16-8-7-15-14(16)17-9-13(10-17)18-11-12-5-3-2-4-6-12/h2-8,13H,9-11H2,1H3. The fraction of sp³-hybridized carbons (Fsp3) is 0.357. The average molecular weight is 243 g/mol. The lowest BCUT2D eigenvalue weighted by atomic mass is 10.2. The molecule has 0 N–H and O–H groups in total. The quantitative estimate of drug-likeness (QED) is 0.820. The van der Waals surface area contributed by atoms with Gasteiger partial charge < -0.3 is 14.2 Å². The van der Waals surface area contributed by atoms with E-state index < -0.39 is 0 Å². The maximum atomic E-state index is 5.85. The number of hydrogen-bond acceptors (Lipinski definition) is 3. The molecule has 0 unspecified atom stereocenters. The molecule has 4 heteroatoms. The Labute approximate surface area is 107 Å². The zero-order chi connectivity index (χ0) is 12.4. The molecule has 3 rings (SSSR count). The van der Waals surface area contributed by atoms with Crippen molar-refractivity contribution in [1.29, 1.82) is 0 Å². The number of ether oxygens (including phenoxy) is 1. The topological polar surface area (TPSA) is 30.3 Å². The molecule has 0 radical (unpaired) electrons. The van der Waals surface area contributed by atoms with Crippen molar-refractivity contribution in [1.82, 2.24) is 9.55 Å². The number of imidazole rings is 1. The molecule has 1 aliphatic rings. The molecule has 4 nitrogen and oxygen atoms in total. The van der Waals surface area contributed by atoms with Gasteiger partial charge >= 0.3 is 0 Å². The first kappa shape index (κ1) is 11.3. The minimum atomic E-state index is 0.321. The van der Waals surface area contributed by atoms with Crippen LogP contribution in [0.4, 0.5) is 5.95 Å². The lowest BCUT2D eigenvalue weighted by molar-refractivity contribution is 0.0216. The Morgan fingerprint density at radius 2 is 2.06 bits per heavy atom. The molecule has 1 aromatic carbocycles. The van der Waals surface area contributed by atoms with Crippen LogP contribution in [-0.2, 0) is 18.4 Å². The van der Waals surface area contributed by atoms with Crippen LogP contribution in [0.1, 0.15) is 5.56 Å². The predicted molar refractivity (Wildman–Crippen MR) is 70.4 cm³/mol. The van der Waals surface area contributed by atoms with Crippen LogP contribution in [0.15, 0.2) is 42.7 Å². The van der Waals surface area contributed by atoms with Crippen molar-refractivity contribution in [3.8, 4) is 0 Å². The first-order chi connectivity index (χ1) is 8.83. The lowest BCUT2D eigenvalue weighted by Gasteiger charge is -2.39. The van der Waals surface area contributed by atoms with Gasteiger partial charge in [0, 0.05) is 32.5 Å². The summed E-state index contributed by atoms with van der Waals surface area (Å²) in [5.74, 6) is 1.02. The summed E-state index contributed by atoms with van der Waals surface area (Å²) in [6, 6.07) is 10.3. The summed E-state index contributed by atoms with van der Waals surface area (Å²) in [7, 11) is 2.01. The first-order valence-corrected chi connectivity index (χ1v) is 6.21. The van der Waals surface area contributed by atoms with Gasteiger partial charge in [0.25, 0.3) is 0 Å². The van der Waals surface area contributed by atoms with Crippen LogP contribution in [0.25, 0.3) is 0 Å².